The van der Waals surface area contributed by atoms with Crippen LogP contribution in [0.2, 0.25) is 0 Å². The van der Waals surface area contributed by atoms with E-state index in [1.807, 2.05) is 42.3 Å². The molecule has 0 radical (unpaired) electrons. The van der Waals surface area contributed by atoms with Crippen molar-refractivity contribution in [2.24, 2.45) is 12.8 Å². The van der Waals surface area contributed by atoms with Crippen LogP contribution in [0.25, 0.3) is 0 Å². The van der Waals surface area contributed by atoms with E-state index in [1.165, 1.54) is 5.56 Å². The van der Waals surface area contributed by atoms with Crippen LogP contribution in [0.3, 0.4) is 0 Å². The van der Waals surface area contributed by atoms with E-state index in [-0.39, 0.29) is 6.04 Å². The average Bonchev–Trinajstić information content (AvgIpc) is 2.73. The van der Waals surface area contributed by atoms with Gasteiger partial charge >= 0.3 is 0 Å². The molecule has 90 valence electrons. The lowest BCUT2D eigenvalue weighted by Gasteiger charge is -2.13. The Morgan fingerprint density at radius 1 is 1.41 bits per heavy atom. The highest BCUT2D eigenvalue weighted by molar-refractivity contribution is 9.10. The Hall–Kier alpha value is -1.13. The van der Waals surface area contributed by atoms with E-state index in [9.17, 15) is 0 Å². The van der Waals surface area contributed by atoms with Crippen molar-refractivity contribution in [2.45, 2.75) is 18.9 Å². The summed E-state index contributed by atoms with van der Waals surface area (Å²) in [5, 5.41) is 4.15. The first-order valence-corrected chi connectivity index (χ1v) is 6.43. The third kappa shape index (κ3) is 3.17. The Labute approximate surface area is 110 Å². The van der Waals surface area contributed by atoms with Crippen molar-refractivity contribution in [1.82, 2.24) is 9.78 Å². The summed E-state index contributed by atoms with van der Waals surface area (Å²) < 4.78 is 2.90. The van der Waals surface area contributed by atoms with Gasteiger partial charge in [-0.25, -0.2) is 0 Å². The van der Waals surface area contributed by atoms with Crippen molar-refractivity contribution in [1.29, 1.82) is 0 Å². The van der Waals surface area contributed by atoms with Gasteiger partial charge in [-0.1, -0.05) is 34.1 Å². The van der Waals surface area contributed by atoms with E-state index in [2.05, 4.69) is 27.1 Å². The second-order valence-corrected chi connectivity index (χ2v) is 5.04. The molecule has 2 rings (SSSR count). The Kier molecular flexibility index (Phi) is 3.97. The van der Waals surface area contributed by atoms with Crippen LogP contribution in [-0.4, -0.2) is 9.78 Å². The molecule has 0 amide bonds. The summed E-state index contributed by atoms with van der Waals surface area (Å²) in [5.74, 6) is 0. The van der Waals surface area contributed by atoms with Crippen LogP contribution < -0.4 is 5.73 Å². The standard InChI is InChI=1S/C13H16BrN3/c1-17-9-10(8-16-17)6-7-13(15)11-4-2-3-5-12(11)14/h2-5,8-9,13H,6-7,15H2,1H3. The van der Waals surface area contributed by atoms with Crippen molar-refractivity contribution in [3.63, 3.8) is 0 Å². The fourth-order valence-corrected chi connectivity index (χ4v) is 2.43. The first-order valence-electron chi connectivity index (χ1n) is 5.64. The highest BCUT2D eigenvalue weighted by Crippen LogP contribution is 2.24. The first kappa shape index (κ1) is 12.3. The summed E-state index contributed by atoms with van der Waals surface area (Å²) in [6.45, 7) is 0. The predicted octanol–water partition coefficient (Wildman–Crippen LogP) is 2.82. The largest absolute Gasteiger partial charge is 0.324 e. The van der Waals surface area contributed by atoms with Crippen LogP contribution >= 0.6 is 15.9 Å². The maximum absolute atomic E-state index is 6.19. The SMILES string of the molecule is Cn1cc(CCC(N)c2ccccc2Br)cn1. The van der Waals surface area contributed by atoms with Crippen LogP contribution in [0.5, 0.6) is 0 Å². The molecule has 1 aromatic carbocycles. The summed E-state index contributed by atoms with van der Waals surface area (Å²) in [7, 11) is 1.93. The minimum atomic E-state index is 0.0609. The number of hydrogen-bond donors (Lipinski definition) is 1. The van der Waals surface area contributed by atoms with E-state index in [0.29, 0.717) is 0 Å². The lowest BCUT2D eigenvalue weighted by molar-refractivity contribution is 0.648. The lowest BCUT2D eigenvalue weighted by Crippen LogP contribution is -2.11. The van der Waals surface area contributed by atoms with Gasteiger partial charge in [0.25, 0.3) is 0 Å². The Morgan fingerprint density at radius 3 is 2.82 bits per heavy atom. The molecule has 0 aliphatic carbocycles. The van der Waals surface area contributed by atoms with Crippen LogP contribution in [0, 0.1) is 0 Å². The molecule has 0 spiro atoms. The zero-order valence-corrected chi connectivity index (χ0v) is 11.4. The molecule has 0 bridgehead atoms. The fourth-order valence-electron chi connectivity index (χ4n) is 1.85. The topological polar surface area (TPSA) is 43.8 Å². The summed E-state index contributed by atoms with van der Waals surface area (Å²) in [6.07, 6.45) is 5.81. The Bertz CT molecular complexity index is 493. The molecule has 0 saturated carbocycles. The smallest absolute Gasteiger partial charge is 0.0521 e. The molecule has 0 fully saturated rings. The quantitative estimate of drug-likeness (QED) is 0.942. The minimum absolute atomic E-state index is 0.0609. The summed E-state index contributed by atoms with van der Waals surface area (Å²) in [6, 6.07) is 8.17. The van der Waals surface area contributed by atoms with E-state index < -0.39 is 0 Å². The molecule has 0 aliphatic heterocycles. The van der Waals surface area contributed by atoms with Gasteiger partial charge in [-0.3, -0.25) is 4.68 Å². The summed E-state index contributed by atoms with van der Waals surface area (Å²) in [4.78, 5) is 0. The number of benzene rings is 1. The first-order chi connectivity index (χ1) is 8.16. The third-order valence-corrected chi connectivity index (χ3v) is 3.53. The maximum Gasteiger partial charge on any atom is 0.0521 e. The molecule has 1 atom stereocenters. The number of aromatic nitrogens is 2. The number of hydrogen-bond acceptors (Lipinski definition) is 2. The van der Waals surface area contributed by atoms with Gasteiger partial charge in [-0.15, -0.1) is 0 Å². The van der Waals surface area contributed by atoms with E-state index in [4.69, 9.17) is 5.73 Å². The lowest BCUT2D eigenvalue weighted by atomic mass is 10.0. The van der Waals surface area contributed by atoms with Crippen molar-refractivity contribution < 1.29 is 0 Å². The Morgan fingerprint density at radius 2 is 2.18 bits per heavy atom. The number of nitrogens with zero attached hydrogens (tertiary/aromatic N) is 2. The molecule has 2 aromatic rings. The van der Waals surface area contributed by atoms with Gasteiger partial charge in [0.2, 0.25) is 0 Å². The number of nitrogens with two attached hydrogens (primary N) is 1. The van der Waals surface area contributed by atoms with Crippen molar-refractivity contribution in [2.75, 3.05) is 0 Å². The van der Waals surface area contributed by atoms with Crippen molar-refractivity contribution in [3.8, 4) is 0 Å². The maximum atomic E-state index is 6.19. The molecule has 3 nitrogen and oxygen atoms in total. The van der Waals surface area contributed by atoms with E-state index >= 15 is 0 Å². The van der Waals surface area contributed by atoms with Gasteiger partial charge in [-0.05, 0) is 30.0 Å². The van der Waals surface area contributed by atoms with E-state index in [0.717, 1.165) is 22.9 Å². The average molecular weight is 294 g/mol. The minimum Gasteiger partial charge on any atom is -0.324 e. The third-order valence-electron chi connectivity index (χ3n) is 2.81. The number of rotatable bonds is 4. The second kappa shape index (κ2) is 5.47. The zero-order valence-electron chi connectivity index (χ0n) is 9.81. The molecule has 0 aliphatic rings. The van der Waals surface area contributed by atoms with Crippen LogP contribution in [-0.2, 0) is 13.5 Å². The molecule has 0 saturated heterocycles. The predicted molar refractivity (Wildman–Crippen MR) is 72.6 cm³/mol. The van der Waals surface area contributed by atoms with Gasteiger partial charge in [0.15, 0.2) is 0 Å². The molecule has 17 heavy (non-hydrogen) atoms. The molecule has 1 aromatic heterocycles. The summed E-state index contributed by atoms with van der Waals surface area (Å²) in [5.41, 5.74) is 8.59. The molecule has 1 heterocycles. The van der Waals surface area contributed by atoms with Crippen LogP contribution in [0.1, 0.15) is 23.6 Å². The monoisotopic (exact) mass is 293 g/mol. The fraction of sp³-hybridized carbons (Fsp3) is 0.308. The molecule has 4 heteroatoms. The molecule has 2 N–H and O–H groups in total. The molecular weight excluding hydrogens is 278 g/mol. The zero-order chi connectivity index (χ0) is 12.3. The van der Waals surface area contributed by atoms with Gasteiger partial charge in [-0.2, -0.15) is 5.10 Å². The van der Waals surface area contributed by atoms with Crippen LogP contribution in [0.15, 0.2) is 41.1 Å². The normalized spacial score (nSPS) is 12.6. The molecule has 1 unspecified atom stereocenters. The molecular formula is C13H16BrN3. The second-order valence-electron chi connectivity index (χ2n) is 4.19. The van der Waals surface area contributed by atoms with Crippen LogP contribution in [0.4, 0.5) is 0 Å². The van der Waals surface area contributed by atoms with Gasteiger partial charge in [0, 0.05) is 23.8 Å². The van der Waals surface area contributed by atoms with Gasteiger partial charge in [0.1, 0.15) is 0 Å². The highest BCUT2D eigenvalue weighted by Gasteiger charge is 2.09. The van der Waals surface area contributed by atoms with Gasteiger partial charge < -0.3 is 5.73 Å². The number of aryl methyl sites for hydroxylation is 2. The number of halogens is 1. The summed E-state index contributed by atoms with van der Waals surface area (Å²) >= 11 is 3.53. The van der Waals surface area contributed by atoms with Crippen molar-refractivity contribution >= 4 is 15.9 Å². The highest BCUT2D eigenvalue weighted by atomic mass is 79.9. The van der Waals surface area contributed by atoms with E-state index in [1.54, 1.807) is 0 Å². The van der Waals surface area contributed by atoms with Crippen molar-refractivity contribution in [3.05, 3.63) is 52.3 Å². The van der Waals surface area contributed by atoms with Gasteiger partial charge in [0.05, 0.1) is 6.20 Å². The Balaban J connectivity index is 1.98.